The number of pyridine rings is 1. The van der Waals surface area contributed by atoms with Gasteiger partial charge in [0.05, 0.1) is 5.52 Å². The maximum atomic E-state index is 4.78. The molecule has 21 heavy (non-hydrogen) atoms. The average Bonchev–Trinajstić information content (AvgIpc) is 2.47. The van der Waals surface area contributed by atoms with Crippen LogP contribution in [0.15, 0.2) is 30.3 Å². The molecule has 0 saturated carbocycles. The van der Waals surface area contributed by atoms with Crippen molar-refractivity contribution in [2.45, 2.75) is 33.7 Å². The Hall–Kier alpha value is -1.61. The van der Waals surface area contributed by atoms with Gasteiger partial charge in [-0.25, -0.2) is 4.98 Å². The molecule has 1 atom stereocenters. The fourth-order valence-corrected chi connectivity index (χ4v) is 2.62. The molecule has 2 rings (SSSR count). The van der Waals surface area contributed by atoms with Gasteiger partial charge in [-0.1, -0.05) is 38.5 Å². The van der Waals surface area contributed by atoms with E-state index in [4.69, 9.17) is 4.98 Å². The molecule has 0 bridgehead atoms. The number of rotatable bonds is 7. The molecule has 0 amide bonds. The number of hydrogen-bond acceptors (Lipinski definition) is 3. The van der Waals surface area contributed by atoms with Crippen LogP contribution < -0.4 is 5.32 Å². The highest BCUT2D eigenvalue weighted by Crippen LogP contribution is 2.22. The molecule has 1 aromatic carbocycles. The van der Waals surface area contributed by atoms with Crippen molar-refractivity contribution in [3.05, 3.63) is 35.9 Å². The van der Waals surface area contributed by atoms with E-state index >= 15 is 0 Å². The minimum Gasteiger partial charge on any atom is -0.370 e. The highest BCUT2D eigenvalue weighted by atomic mass is 15.1. The summed E-state index contributed by atoms with van der Waals surface area (Å²) in [6.07, 6.45) is 1.22. The molecule has 2 aromatic rings. The van der Waals surface area contributed by atoms with Crippen molar-refractivity contribution in [1.29, 1.82) is 0 Å². The van der Waals surface area contributed by atoms with Gasteiger partial charge >= 0.3 is 0 Å². The Morgan fingerprint density at radius 3 is 2.71 bits per heavy atom. The lowest BCUT2D eigenvalue weighted by Gasteiger charge is -2.22. The van der Waals surface area contributed by atoms with Gasteiger partial charge in [-0.3, -0.25) is 0 Å². The summed E-state index contributed by atoms with van der Waals surface area (Å²) in [7, 11) is 2.19. The van der Waals surface area contributed by atoms with E-state index in [0.717, 1.165) is 36.9 Å². The van der Waals surface area contributed by atoms with Gasteiger partial charge in [0.1, 0.15) is 5.82 Å². The summed E-state index contributed by atoms with van der Waals surface area (Å²) in [4.78, 5) is 7.17. The van der Waals surface area contributed by atoms with Crippen molar-refractivity contribution in [2.75, 3.05) is 25.5 Å². The largest absolute Gasteiger partial charge is 0.370 e. The molecule has 0 spiro atoms. The van der Waals surface area contributed by atoms with Crippen LogP contribution in [-0.4, -0.2) is 30.0 Å². The Morgan fingerprint density at radius 2 is 2.00 bits per heavy atom. The lowest BCUT2D eigenvalue weighted by Crippen LogP contribution is -2.24. The van der Waals surface area contributed by atoms with E-state index in [1.54, 1.807) is 0 Å². The molecule has 0 fully saturated rings. The van der Waals surface area contributed by atoms with E-state index < -0.39 is 0 Å². The maximum absolute atomic E-state index is 4.78. The predicted octanol–water partition coefficient (Wildman–Crippen LogP) is 4.14. The Labute approximate surface area is 128 Å². The van der Waals surface area contributed by atoms with Crippen molar-refractivity contribution in [2.24, 2.45) is 5.92 Å². The van der Waals surface area contributed by atoms with Crippen LogP contribution in [0.1, 0.15) is 32.8 Å². The lowest BCUT2D eigenvalue weighted by molar-refractivity contribution is 0.275. The summed E-state index contributed by atoms with van der Waals surface area (Å²) in [5.41, 5.74) is 2.34. The first-order chi connectivity index (χ1) is 10.1. The van der Waals surface area contributed by atoms with E-state index in [1.807, 2.05) is 6.07 Å². The van der Waals surface area contributed by atoms with Crippen LogP contribution in [0, 0.1) is 5.92 Å². The van der Waals surface area contributed by atoms with Crippen LogP contribution in [0.25, 0.3) is 10.9 Å². The van der Waals surface area contributed by atoms with Gasteiger partial charge in [-0.05, 0) is 32.0 Å². The molecule has 0 aliphatic carbocycles. The molecule has 1 unspecified atom stereocenters. The van der Waals surface area contributed by atoms with Crippen molar-refractivity contribution >= 4 is 16.7 Å². The second-order valence-electron chi connectivity index (χ2n) is 5.93. The normalized spacial score (nSPS) is 12.8. The summed E-state index contributed by atoms with van der Waals surface area (Å²) < 4.78 is 0. The molecule has 0 aliphatic heterocycles. The maximum Gasteiger partial charge on any atom is 0.131 e. The summed E-state index contributed by atoms with van der Waals surface area (Å²) in [6.45, 7) is 9.62. The molecule has 0 aliphatic rings. The van der Waals surface area contributed by atoms with Gasteiger partial charge in [-0.15, -0.1) is 0 Å². The number of para-hydroxylation sites is 1. The second-order valence-corrected chi connectivity index (χ2v) is 5.93. The molecule has 3 heteroatoms. The molecule has 114 valence electrons. The lowest BCUT2D eigenvalue weighted by atomic mass is 10.1. The molecule has 0 saturated heterocycles. The summed E-state index contributed by atoms with van der Waals surface area (Å²) in [6, 6.07) is 10.6. The van der Waals surface area contributed by atoms with Gasteiger partial charge in [0.25, 0.3) is 0 Å². The highest BCUT2D eigenvalue weighted by molar-refractivity contribution is 5.81. The number of benzene rings is 1. The Bertz CT molecular complexity index is 580. The summed E-state index contributed by atoms with van der Waals surface area (Å²) in [5, 5.41) is 4.62. The molecule has 3 nitrogen and oxygen atoms in total. The van der Waals surface area contributed by atoms with E-state index in [9.17, 15) is 0 Å². The van der Waals surface area contributed by atoms with Crippen LogP contribution in [0.5, 0.6) is 0 Å². The zero-order valence-corrected chi connectivity index (χ0v) is 13.7. The van der Waals surface area contributed by atoms with Gasteiger partial charge in [-0.2, -0.15) is 0 Å². The van der Waals surface area contributed by atoms with E-state index in [2.05, 4.69) is 62.3 Å². The third-order valence-corrected chi connectivity index (χ3v) is 3.91. The zero-order chi connectivity index (χ0) is 15.2. The zero-order valence-electron chi connectivity index (χ0n) is 13.7. The van der Waals surface area contributed by atoms with Crippen molar-refractivity contribution in [3.8, 4) is 0 Å². The van der Waals surface area contributed by atoms with Gasteiger partial charge < -0.3 is 10.2 Å². The van der Waals surface area contributed by atoms with Crippen molar-refractivity contribution in [1.82, 2.24) is 9.88 Å². The third-order valence-electron chi connectivity index (χ3n) is 3.91. The number of fused-ring (bicyclic) bond motifs is 1. The second kappa shape index (κ2) is 7.41. The van der Waals surface area contributed by atoms with E-state index in [-0.39, 0.29) is 0 Å². The number of anilines is 1. The number of aromatic nitrogens is 1. The van der Waals surface area contributed by atoms with Crippen LogP contribution in [0.3, 0.4) is 0 Å². The molecular weight excluding hydrogens is 258 g/mol. The molecule has 0 radical (unpaired) electrons. The summed E-state index contributed by atoms with van der Waals surface area (Å²) in [5.74, 6) is 1.75. The first kappa shape index (κ1) is 15.8. The minimum absolute atomic E-state index is 0.728. The van der Waals surface area contributed by atoms with Crippen LogP contribution in [0.2, 0.25) is 0 Å². The number of hydrogen-bond donors (Lipinski definition) is 1. The third kappa shape index (κ3) is 4.18. The Kier molecular flexibility index (Phi) is 5.57. The van der Waals surface area contributed by atoms with Gasteiger partial charge in [0.2, 0.25) is 0 Å². The van der Waals surface area contributed by atoms with Crippen molar-refractivity contribution in [3.63, 3.8) is 0 Å². The molecule has 1 N–H and O–H groups in total. The van der Waals surface area contributed by atoms with Crippen LogP contribution in [-0.2, 0) is 6.54 Å². The molecule has 1 aromatic heterocycles. The van der Waals surface area contributed by atoms with Crippen molar-refractivity contribution < 1.29 is 0 Å². The fraction of sp³-hybridized carbons (Fsp3) is 0.500. The fourth-order valence-electron chi connectivity index (χ4n) is 2.62. The van der Waals surface area contributed by atoms with Crippen LogP contribution >= 0.6 is 0 Å². The minimum atomic E-state index is 0.728. The quantitative estimate of drug-likeness (QED) is 0.828. The first-order valence-corrected chi connectivity index (χ1v) is 7.95. The standard InChI is InChI=1S/C18H27N3/c1-5-14(3)12-21(4)13-16-11-15-9-7-8-10-17(15)20-18(16)19-6-2/h7-11,14H,5-6,12-13H2,1-4H3,(H,19,20). The predicted molar refractivity (Wildman–Crippen MR) is 91.7 cm³/mol. The topological polar surface area (TPSA) is 28.2 Å². The monoisotopic (exact) mass is 285 g/mol. The Morgan fingerprint density at radius 1 is 1.24 bits per heavy atom. The summed E-state index contributed by atoms with van der Waals surface area (Å²) >= 11 is 0. The molecular formula is C18H27N3. The smallest absolute Gasteiger partial charge is 0.131 e. The van der Waals surface area contributed by atoms with Gasteiger partial charge in [0.15, 0.2) is 0 Å². The SMILES string of the molecule is CCNc1nc2ccccc2cc1CN(C)CC(C)CC. The number of nitrogens with one attached hydrogen (secondary N) is 1. The van der Waals surface area contributed by atoms with Gasteiger partial charge in [0, 0.05) is 30.6 Å². The highest BCUT2D eigenvalue weighted by Gasteiger charge is 2.10. The van der Waals surface area contributed by atoms with E-state index in [1.165, 1.54) is 17.4 Å². The molecule has 1 heterocycles. The first-order valence-electron chi connectivity index (χ1n) is 7.95. The average molecular weight is 285 g/mol. The van der Waals surface area contributed by atoms with Crippen LogP contribution in [0.4, 0.5) is 5.82 Å². The Balaban J connectivity index is 2.25. The number of nitrogens with zero attached hydrogens (tertiary/aromatic N) is 2. The van der Waals surface area contributed by atoms with E-state index in [0.29, 0.717) is 0 Å².